The van der Waals surface area contributed by atoms with Crippen LogP contribution in [0.15, 0.2) is 6.20 Å². The van der Waals surface area contributed by atoms with Gasteiger partial charge in [-0.25, -0.2) is 4.68 Å². The van der Waals surface area contributed by atoms with Gasteiger partial charge in [0.2, 0.25) is 0 Å². The molecule has 1 heterocycles. The highest BCUT2D eigenvalue weighted by Gasteiger charge is 2.27. The van der Waals surface area contributed by atoms with Gasteiger partial charge in [0.15, 0.2) is 0 Å². The lowest BCUT2D eigenvalue weighted by Gasteiger charge is -2.05. The molecule has 1 aliphatic rings. The Morgan fingerprint density at radius 2 is 2.27 bits per heavy atom. The van der Waals surface area contributed by atoms with E-state index in [1.54, 1.807) is 0 Å². The van der Waals surface area contributed by atoms with Crippen LogP contribution in [0.25, 0.3) is 0 Å². The summed E-state index contributed by atoms with van der Waals surface area (Å²) in [5.74, 6) is 0.547. The molecule has 1 saturated carbocycles. The topological polar surface area (TPSA) is 30.7 Å². The first-order valence-electron chi connectivity index (χ1n) is 4.19. The van der Waals surface area contributed by atoms with Crippen LogP contribution in [0.5, 0.6) is 0 Å². The van der Waals surface area contributed by atoms with E-state index >= 15 is 0 Å². The summed E-state index contributed by atoms with van der Waals surface area (Å²) < 4.78 is 2.07. The standard InChI is InChI=1S/C8H13N3/c1-6(2)8-5-9-10-11(8)7-3-4-7/h5-7H,3-4H2,1-2H3. The van der Waals surface area contributed by atoms with E-state index < -0.39 is 0 Å². The summed E-state index contributed by atoms with van der Waals surface area (Å²) in [6.07, 6.45) is 4.44. The van der Waals surface area contributed by atoms with Gasteiger partial charge in [0.05, 0.1) is 17.9 Å². The Bertz CT molecular complexity index is 231. The van der Waals surface area contributed by atoms with Gasteiger partial charge in [-0.15, -0.1) is 5.10 Å². The van der Waals surface area contributed by atoms with Crippen molar-refractivity contribution in [2.45, 2.75) is 38.6 Å². The summed E-state index contributed by atoms with van der Waals surface area (Å²) >= 11 is 0. The summed E-state index contributed by atoms with van der Waals surface area (Å²) in [6.45, 7) is 4.36. The second-order valence-electron chi connectivity index (χ2n) is 3.49. The highest BCUT2D eigenvalue weighted by Crippen LogP contribution is 2.35. The first-order chi connectivity index (χ1) is 5.29. The monoisotopic (exact) mass is 151 g/mol. The van der Waals surface area contributed by atoms with Gasteiger partial charge in [0.25, 0.3) is 0 Å². The summed E-state index contributed by atoms with van der Waals surface area (Å²) in [6, 6.07) is 0.662. The molecular formula is C8H13N3. The molecule has 0 bridgehead atoms. The number of hydrogen-bond acceptors (Lipinski definition) is 2. The first kappa shape index (κ1) is 6.83. The van der Waals surface area contributed by atoms with Gasteiger partial charge in [0, 0.05) is 0 Å². The molecule has 0 aromatic carbocycles. The number of hydrogen-bond donors (Lipinski definition) is 0. The van der Waals surface area contributed by atoms with Crippen molar-refractivity contribution >= 4 is 0 Å². The van der Waals surface area contributed by atoms with Crippen LogP contribution >= 0.6 is 0 Å². The summed E-state index contributed by atoms with van der Waals surface area (Å²) in [7, 11) is 0. The van der Waals surface area contributed by atoms with Crippen LogP contribution < -0.4 is 0 Å². The molecule has 2 rings (SSSR count). The lowest BCUT2D eigenvalue weighted by molar-refractivity contribution is 0.565. The molecule has 3 nitrogen and oxygen atoms in total. The van der Waals surface area contributed by atoms with Gasteiger partial charge in [-0.05, 0) is 18.8 Å². The Hall–Kier alpha value is -0.860. The lowest BCUT2D eigenvalue weighted by atomic mass is 10.1. The predicted octanol–water partition coefficient (Wildman–Crippen LogP) is 1.74. The number of rotatable bonds is 2. The van der Waals surface area contributed by atoms with E-state index in [-0.39, 0.29) is 0 Å². The van der Waals surface area contributed by atoms with E-state index in [9.17, 15) is 0 Å². The van der Waals surface area contributed by atoms with Crippen molar-refractivity contribution in [2.75, 3.05) is 0 Å². The fourth-order valence-corrected chi connectivity index (χ4v) is 1.27. The van der Waals surface area contributed by atoms with Crippen molar-refractivity contribution in [1.29, 1.82) is 0 Å². The zero-order valence-electron chi connectivity index (χ0n) is 6.99. The fourth-order valence-electron chi connectivity index (χ4n) is 1.27. The van der Waals surface area contributed by atoms with E-state index in [1.165, 1.54) is 18.5 Å². The third-order valence-electron chi connectivity index (χ3n) is 2.09. The Kier molecular flexibility index (Phi) is 1.44. The molecule has 0 amide bonds. The summed E-state index contributed by atoms with van der Waals surface area (Å²) in [5, 5.41) is 7.98. The molecule has 60 valence electrons. The Labute approximate surface area is 66.4 Å². The number of nitrogens with zero attached hydrogens (tertiary/aromatic N) is 3. The first-order valence-corrected chi connectivity index (χ1v) is 4.19. The van der Waals surface area contributed by atoms with Crippen LogP contribution in [0, 0.1) is 0 Å². The summed E-state index contributed by atoms with van der Waals surface area (Å²) in [4.78, 5) is 0. The van der Waals surface area contributed by atoms with Crippen LogP contribution in [-0.2, 0) is 0 Å². The third-order valence-corrected chi connectivity index (χ3v) is 2.09. The van der Waals surface area contributed by atoms with Crippen LogP contribution in [0.3, 0.4) is 0 Å². The van der Waals surface area contributed by atoms with Crippen LogP contribution in [0.1, 0.15) is 44.3 Å². The normalized spacial score (nSPS) is 17.7. The molecule has 3 heteroatoms. The zero-order chi connectivity index (χ0) is 7.84. The molecule has 0 spiro atoms. The van der Waals surface area contributed by atoms with Gasteiger partial charge in [-0.1, -0.05) is 19.1 Å². The quantitative estimate of drug-likeness (QED) is 0.644. The highest BCUT2D eigenvalue weighted by molar-refractivity contribution is 5.03. The molecule has 1 aromatic heterocycles. The molecule has 1 aliphatic carbocycles. The molecule has 1 aromatic rings. The minimum absolute atomic E-state index is 0.547. The van der Waals surface area contributed by atoms with Crippen molar-refractivity contribution in [1.82, 2.24) is 15.0 Å². The second-order valence-corrected chi connectivity index (χ2v) is 3.49. The zero-order valence-corrected chi connectivity index (χ0v) is 6.99. The molecule has 1 fully saturated rings. The maximum absolute atomic E-state index is 4.07. The maximum atomic E-state index is 4.07. The van der Waals surface area contributed by atoms with E-state index in [4.69, 9.17) is 0 Å². The van der Waals surface area contributed by atoms with Crippen molar-refractivity contribution < 1.29 is 0 Å². The Morgan fingerprint density at radius 1 is 1.55 bits per heavy atom. The van der Waals surface area contributed by atoms with E-state index in [1.807, 2.05) is 6.20 Å². The van der Waals surface area contributed by atoms with Gasteiger partial charge in [0.1, 0.15) is 0 Å². The molecule has 0 saturated heterocycles. The van der Waals surface area contributed by atoms with Crippen LogP contribution in [-0.4, -0.2) is 15.0 Å². The molecule has 0 unspecified atom stereocenters. The second kappa shape index (κ2) is 2.32. The molecule has 0 radical (unpaired) electrons. The van der Waals surface area contributed by atoms with E-state index in [0.29, 0.717) is 12.0 Å². The smallest absolute Gasteiger partial charge is 0.0727 e. The summed E-state index contributed by atoms with van der Waals surface area (Å²) in [5.41, 5.74) is 1.27. The Balaban J connectivity index is 2.30. The SMILES string of the molecule is CC(C)c1cnnn1C1CC1. The molecule has 0 atom stereocenters. The van der Waals surface area contributed by atoms with E-state index in [2.05, 4.69) is 28.8 Å². The van der Waals surface area contributed by atoms with Crippen molar-refractivity contribution in [3.05, 3.63) is 11.9 Å². The van der Waals surface area contributed by atoms with Gasteiger partial charge in [-0.2, -0.15) is 0 Å². The van der Waals surface area contributed by atoms with Crippen molar-refractivity contribution in [3.63, 3.8) is 0 Å². The molecule has 0 N–H and O–H groups in total. The average Bonchev–Trinajstić information content (AvgIpc) is 2.68. The van der Waals surface area contributed by atoms with Crippen LogP contribution in [0.4, 0.5) is 0 Å². The number of aromatic nitrogens is 3. The maximum Gasteiger partial charge on any atom is 0.0727 e. The van der Waals surface area contributed by atoms with Gasteiger partial charge in [-0.3, -0.25) is 0 Å². The Morgan fingerprint density at radius 3 is 2.82 bits per heavy atom. The molecule has 0 aliphatic heterocycles. The molecular weight excluding hydrogens is 138 g/mol. The lowest BCUT2D eigenvalue weighted by Crippen LogP contribution is -2.03. The third kappa shape index (κ3) is 1.15. The highest BCUT2D eigenvalue weighted by atomic mass is 15.4. The minimum Gasteiger partial charge on any atom is -0.246 e. The van der Waals surface area contributed by atoms with Crippen LogP contribution in [0.2, 0.25) is 0 Å². The predicted molar refractivity (Wildman–Crippen MR) is 42.4 cm³/mol. The largest absolute Gasteiger partial charge is 0.246 e. The van der Waals surface area contributed by atoms with Crippen molar-refractivity contribution in [2.24, 2.45) is 0 Å². The fraction of sp³-hybridized carbons (Fsp3) is 0.750. The van der Waals surface area contributed by atoms with Crippen molar-refractivity contribution in [3.8, 4) is 0 Å². The van der Waals surface area contributed by atoms with E-state index in [0.717, 1.165) is 0 Å². The minimum atomic E-state index is 0.547. The average molecular weight is 151 g/mol. The molecule has 11 heavy (non-hydrogen) atoms. The van der Waals surface area contributed by atoms with Gasteiger partial charge < -0.3 is 0 Å². The van der Waals surface area contributed by atoms with Gasteiger partial charge >= 0.3 is 0 Å².